The van der Waals surface area contributed by atoms with Crippen LogP contribution in [-0.4, -0.2) is 18.5 Å². The number of amides is 1. The van der Waals surface area contributed by atoms with E-state index in [0.717, 1.165) is 5.56 Å². The molecule has 3 nitrogen and oxygen atoms in total. The second-order valence-electron chi connectivity index (χ2n) is 3.47. The Morgan fingerprint density at radius 2 is 2.13 bits per heavy atom. The second kappa shape index (κ2) is 5.98. The van der Waals surface area contributed by atoms with Crippen molar-refractivity contribution in [3.05, 3.63) is 42.0 Å². The van der Waals surface area contributed by atoms with Crippen molar-refractivity contribution in [1.82, 2.24) is 5.32 Å². The first-order chi connectivity index (χ1) is 7.18. The average molecular weight is 204 g/mol. The van der Waals surface area contributed by atoms with E-state index in [1.54, 1.807) is 6.08 Å². The Kier molecular flexibility index (Phi) is 4.57. The lowest BCUT2D eigenvalue weighted by atomic mass is 10.2. The molecule has 1 aromatic carbocycles. The molecule has 0 aliphatic rings. The van der Waals surface area contributed by atoms with Crippen LogP contribution in [0, 0.1) is 0 Å². The Bertz CT molecular complexity index is 331. The molecule has 15 heavy (non-hydrogen) atoms. The molecule has 0 saturated carbocycles. The summed E-state index contributed by atoms with van der Waals surface area (Å²) in [6.07, 6.45) is 3.29. The van der Waals surface area contributed by atoms with Crippen molar-refractivity contribution in [3.8, 4) is 0 Å². The van der Waals surface area contributed by atoms with Gasteiger partial charge in [-0.2, -0.15) is 0 Å². The van der Waals surface area contributed by atoms with Gasteiger partial charge in [0, 0.05) is 18.7 Å². The molecule has 1 unspecified atom stereocenters. The Balaban J connectivity index is 2.41. The van der Waals surface area contributed by atoms with E-state index in [1.165, 1.54) is 6.08 Å². The van der Waals surface area contributed by atoms with Gasteiger partial charge < -0.3 is 11.1 Å². The van der Waals surface area contributed by atoms with Crippen molar-refractivity contribution in [2.75, 3.05) is 6.54 Å². The van der Waals surface area contributed by atoms with Crippen molar-refractivity contribution in [2.45, 2.75) is 13.0 Å². The number of nitrogens with two attached hydrogens (primary N) is 1. The zero-order valence-corrected chi connectivity index (χ0v) is 8.81. The maximum Gasteiger partial charge on any atom is 0.244 e. The molecule has 1 amide bonds. The minimum atomic E-state index is -0.115. The van der Waals surface area contributed by atoms with Gasteiger partial charge in [0.05, 0.1) is 0 Å². The van der Waals surface area contributed by atoms with Gasteiger partial charge in [0.1, 0.15) is 0 Å². The van der Waals surface area contributed by atoms with Gasteiger partial charge in [-0.1, -0.05) is 30.3 Å². The number of benzene rings is 1. The zero-order valence-electron chi connectivity index (χ0n) is 8.81. The van der Waals surface area contributed by atoms with Gasteiger partial charge in [0.15, 0.2) is 0 Å². The normalized spacial score (nSPS) is 12.7. The number of nitrogens with one attached hydrogen (secondary N) is 1. The summed E-state index contributed by atoms with van der Waals surface area (Å²) in [5, 5.41) is 2.70. The van der Waals surface area contributed by atoms with E-state index in [1.807, 2.05) is 37.3 Å². The first kappa shape index (κ1) is 11.5. The van der Waals surface area contributed by atoms with Gasteiger partial charge in [-0.15, -0.1) is 0 Å². The highest BCUT2D eigenvalue weighted by Gasteiger charge is 1.96. The largest absolute Gasteiger partial charge is 0.351 e. The SMILES string of the molecule is CC(N)CNC(=O)/C=C/c1ccccc1. The molecular formula is C12H16N2O. The van der Waals surface area contributed by atoms with Gasteiger partial charge in [0.2, 0.25) is 5.91 Å². The fourth-order valence-corrected chi connectivity index (χ4v) is 1.06. The summed E-state index contributed by atoms with van der Waals surface area (Å²) in [4.78, 5) is 11.3. The first-order valence-corrected chi connectivity index (χ1v) is 4.95. The molecular weight excluding hydrogens is 188 g/mol. The van der Waals surface area contributed by atoms with E-state index in [9.17, 15) is 4.79 Å². The molecule has 0 heterocycles. The minimum absolute atomic E-state index is 0.0147. The first-order valence-electron chi connectivity index (χ1n) is 4.95. The van der Waals surface area contributed by atoms with E-state index in [4.69, 9.17) is 5.73 Å². The Labute approximate surface area is 90.0 Å². The molecule has 0 radical (unpaired) electrons. The van der Waals surface area contributed by atoms with Crippen LogP contribution in [0.1, 0.15) is 12.5 Å². The number of rotatable bonds is 4. The van der Waals surface area contributed by atoms with Crippen LogP contribution >= 0.6 is 0 Å². The lowest BCUT2D eigenvalue weighted by Crippen LogP contribution is -2.34. The highest BCUT2D eigenvalue weighted by molar-refractivity contribution is 5.91. The van der Waals surface area contributed by atoms with Crippen molar-refractivity contribution in [3.63, 3.8) is 0 Å². The predicted molar refractivity (Wildman–Crippen MR) is 62.1 cm³/mol. The Morgan fingerprint density at radius 1 is 1.47 bits per heavy atom. The molecule has 80 valence electrons. The summed E-state index contributed by atoms with van der Waals surface area (Å²) in [6.45, 7) is 2.35. The predicted octanol–water partition coefficient (Wildman–Crippen LogP) is 1.16. The van der Waals surface area contributed by atoms with Crippen LogP contribution in [0.3, 0.4) is 0 Å². The number of hydrogen-bond donors (Lipinski definition) is 2. The van der Waals surface area contributed by atoms with Crippen LogP contribution in [0.4, 0.5) is 0 Å². The van der Waals surface area contributed by atoms with Crippen LogP contribution < -0.4 is 11.1 Å². The Morgan fingerprint density at radius 3 is 2.73 bits per heavy atom. The molecule has 3 heteroatoms. The van der Waals surface area contributed by atoms with Crippen LogP contribution in [0.5, 0.6) is 0 Å². The van der Waals surface area contributed by atoms with E-state index < -0.39 is 0 Å². The average Bonchev–Trinajstić information content (AvgIpc) is 2.25. The molecule has 1 aromatic rings. The monoisotopic (exact) mass is 204 g/mol. The van der Waals surface area contributed by atoms with E-state index in [-0.39, 0.29) is 11.9 Å². The van der Waals surface area contributed by atoms with Gasteiger partial charge in [-0.05, 0) is 18.6 Å². The van der Waals surface area contributed by atoms with Crippen molar-refractivity contribution >= 4 is 12.0 Å². The lowest BCUT2D eigenvalue weighted by Gasteiger charge is -2.04. The third-order valence-corrected chi connectivity index (χ3v) is 1.82. The van der Waals surface area contributed by atoms with Gasteiger partial charge in [-0.25, -0.2) is 0 Å². The summed E-state index contributed by atoms with van der Waals surface area (Å²) in [5.74, 6) is -0.115. The highest BCUT2D eigenvalue weighted by Crippen LogP contribution is 2.00. The molecule has 0 fully saturated rings. The van der Waals surface area contributed by atoms with Gasteiger partial charge in [0.25, 0.3) is 0 Å². The van der Waals surface area contributed by atoms with Crippen LogP contribution in [0.2, 0.25) is 0 Å². The Hall–Kier alpha value is -1.61. The fourth-order valence-electron chi connectivity index (χ4n) is 1.06. The summed E-state index contributed by atoms with van der Waals surface area (Å²) < 4.78 is 0. The standard InChI is InChI=1S/C12H16N2O/c1-10(13)9-14-12(15)8-7-11-5-3-2-4-6-11/h2-8,10H,9,13H2,1H3,(H,14,15)/b8-7+. The smallest absolute Gasteiger partial charge is 0.244 e. The third-order valence-electron chi connectivity index (χ3n) is 1.82. The molecule has 0 spiro atoms. The van der Waals surface area contributed by atoms with Crippen LogP contribution in [-0.2, 0) is 4.79 Å². The minimum Gasteiger partial charge on any atom is -0.351 e. The van der Waals surface area contributed by atoms with E-state index >= 15 is 0 Å². The lowest BCUT2D eigenvalue weighted by molar-refractivity contribution is -0.116. The summed E-state index contributed by atoms with van der Waals surface area (Å²) in [7, 11) is 0. The van der Waals surface area contributed by atoms with Gasteiger partial charge in [-0.3, -0.25) is 4.79 Å². The quantitative estimate of drug-likeness (QED) is 0.723. The molecule has 1 rings (SSSR count). The number of hydrogen-bond acceptors (Lipinski definition) is 2. The molecule has 0 aliphatic carbocycles. The topological polar surface area (TPSA) is 55.1 Å². The molecule has 0 aromatic heterocycles. The summed E-state index contributed by atoms with van der Waals surface area (Å²) in [5.41, 5.74) is 6.52. The summed E-state index contributed by atoms with van der Waals surface area (Å²) >= 11 is 0. The molecule has 3 N–H and O–H groups in total. The van der Waals surface area contributed by atoms with Crippen LogP contribution in [0.25, 0.3) is 6.08 Å². The highest BCUT2D eigenvalue weighted by atomic mass is 16.1. The zero-order chi connectivity index (χ0) is 11.1. The van der Waals surface area contributed by atoms with Crippen molar-refractivity contribution in [1.29, 1.82) is 0 Å². The number of carbonyl (C=O) groups excluding carboxylic acids is 1. The molecule has 0 bridgehead atoms. The van der Waals surface area contributed by atoms with E-state index in [0.29, 0.717) is 6.54 Å². The van der Waals surface area contributed by atoms with Crippen LogP contribution in [0.15, 0.2) is 36.4 Å². The fraction of sp³-hybridized carbons (Fsp3) is 0.250. The van der Waals surface area contributed by atoms with E-state index in [2.05, 4.69) is 5.32 Å². The van der Waals surface area contributed by atoms with Crippen molar-refractivity contribution < 1.29 is 4.79 Å². The van der Waals surface area contributed by atoms with Crippen molar-refractivity contribution in [2.24, 2.45) is 5.73 Å². The summed E-state index contributed by atoms with van der Waals surface area (Å²) in [6, 6.07) is 9.66. The maximum absolute atomic E-state index is 11.3. The maximum atomic E-state index is 11.3. The second-order valence-corrected chi connectivity index (χ2v) is 3.47. The molecule has 1 atom stereocenters. The number of carbonyl (C=O) groups is 1. The molecule has 0 aliphatic heterocycles. The molecule has 0 saturated heterocycles. The van der Waals surface area contributed by atoms with Gasteiger partial charge >= 0.3 is 0 Å². The third kappa shape index (κ3) is 4.98.